The van der Waals surface area contributed by atoms with Gasteiger partial charge in [0.2, 0.25) is 0 Å². The topological polar surface area (TPSA) is 29.1 Å². The molecule has 0 aliphatic carbocycles. The minimum absolute atomic E-state index is 0.207. The summed E-state index contributed by atoms with van der Waals surface area (Å²) in [6.07, 6.45) is 1.75. The second kappa shape index (κ2) is 6.48. The Morgan fingerprint density at radius 2 is 1.78 bits per heavy atom. The Balaban J connectivity index is 2.52. The van der Waals surface area contributed by atoms with Gasteiger partial charge in [-0.3, -0.25) is 4.21 Å². The normalized spacial score (nSPS) is 15.4. The maximum atomic E-state index is 11.1. The van der Waals surface area contributed by atoms with Gasteiger partial charge < -0.3 is 5.32 Å². The van der Waals surface area contributed by atoms with E-state index in [0.717, 1.165) is 6.54 Å². The zero-order valence-corrected chi connectivity index (χ0v) is 12.9. The van der Waals surface area contributed by atoms with Crippen molar-refractivity contribution in [3.8, 4) is 0 Å². The summed E-state index contributed by atoms with van der Waals surface area (Å²) in [4.78, 5) is 0. The van der Waals surface area contributed by atoms with Gasteiger partial charge in [-0.05, 0) is 23.5 Å². The van der Waals surface area contributed by atoms with E-state index in [1.54, 1.807) is 6.26 Å². The summed E-state index contributed by atoms with van der Waals surface area (Å²) in [5, 5.41) is 3.40. The van der Waals surface area contributed by atoms with Crippen LogP contribution in [0.15, 0.2) is 24.3 Å². The van der Waals surface area contributed by atoms with Crippen molar-refractivity contribution >= 4 is 10.8 Å². The van der Waals surface area contributed by atoms with Gasteiger partial charge in [0.25, 0.3) is 0 Å². The fourth-order valence-corrected chi connectivity index (χ4v) is 2.65. The maximum absolute atomic E-state index is 11.1. The van der Waals surface area contributed by atoms with Crippen LogP contribution in [-0.4, -0.2) is 22.3 Å². The van der Waals surface area contributed by atoms with E-state index in [4.69, 9.17) is 0 Å². The van der Waals surface area contributed by atoms with Crippen molar-refractivity contribution in [3.05, 3.63) is 35.4 Å². The maximum Gasteiger partial charge on any atom is 0.0383 e. The molecule has 1 N–H and O–H groups in total. The molecule has 0 saturated carbocycles. The molecule has 2 unspecified atom stereocenters. The van der Waals surface area contributed by atoms with Crippen LogP contribution in [0.1, 0.15) is 38.8 Å². The van der Waals surface area contributed by atoms with E-state index in [1.165, 1.54) is 11.1 Å². The summed E-state index contributed by atoms with van der Waals surface area (Å²) in [6.45, 7) is 9.57. The first-order valence-corrected chi connectivity index (χ1v) is 8.14. The number of hydrogen-bond acceptors (Lipinski definition) is 2. The van der Waals surface area contributed by atoms with Crippen molar-refractivity contribution in [2.75, 3.05) is 12.0 Å². The highest BCUT2D eigenvalue weighted by atomic mass is 32.2. The average Bonchev–Trinajstić information content (AvgIpc) is 2.25. The Bertz CT molecular complexity index is 392. The molecule has 0 aromatic heterocycles. The smallest absolute Gasteiger partial charge is 0.0383 e. The summed E-state index contributed by atoms with van der Waals surface area (Å²) in [5.74, 6) is 0.708. The second-order valence-electron chi connectivity index (χ2n) is 5.97. The lowest BCUT2D eigenvalue weighted by atomic mass is 9.87. The molecule has 0 spiro atoms. The van der Waals surface area contributed by atoms with E-state index in [-0.39, 0.29) is 11.5 Å². The lowest BCUT2D eigenvalue weighted by Crippen LogP contribution is -2.30. The fraction of sp³-hybridized carbons (Fsp3) is 0.600. The van der Waals surface area contributed by atoms with Gasteiger partial charge in [-0.2, -0.15) is 0 Å². The molecule has 2 nitrogen and oxygen atoms in total. The molecule has 0 fully saturated rings. The van der Waals surface area contributed by atoms with Crippen molar-refractivity contribution in [1.29, 1.82) is 0 Å². The summed E-state index contributed by atoms with van der Waals surface area (Å²) in [7, 11) is -0.731. The highest BCUT2D eigenvalue weighted by Crippen LogP contribution is 2.22. The lowest BCUT2D eigenvalue weighted by molar-refractivity contribution is 0.581. The minimum Gasteiger partial charge on any atom is -0.309 e. The van der Waals surface area contributed by atoms with Crippen molar-refractivity contribution in [3.63, 3.8) is 0 Å². The molecule has 1 aromatic carbocycles. The van der Waals surface area contributed by atoms with Gasteiger partial charge in [0.15, 0.2) is 0 Å². The molecular formula is C15H25NOS. The van der Waals surface area contributed by atoms with Gasteiger partial charge in [-0.15, -0.1) is 0 Å². The summed E-state index contributed by atoms with van der Waals surface area (Å²) < 4.78 is 11.1. The van der Waals surface area contributed by atoms with Gasteiger partial charge in [-0.25, -0.2) is 0 Å². The molecule has 0 bridgehead atoms. The second-order valence-corrected chi connectivity index (χ2v) is 7.45. The Kier molecular flexibility index (Phi) is 5.54. The highest BCUT2D eigenvalue weighted by Gasteiger charge is 2.12. The van der Waals surface area contributed by atoms with Crippen molar-refractivity contribution in [2.45, 2.75) is 45.7 Å². The van der Waals surface area contributed by atoms with Crippen LogP contribution in [0.3, 0.4) is 0 Å². The molecule has 2 atom stereocenters. The molecule has 0 saturated heterocycles. The molecular weight excluding hydrogens is 242 g/mol. The molecule has 1 aromatic rings. The summed E-state index contributed by atoms with van der Waals surface area (Å²) >= 11 is 0. The zero-order chi connectivity index (χ0) is 13.8. The molecule has 0 aliphatic heterocycles. The van der Waals surface area contributed by atoms with Gasteiger partial charge in [0, 0.05) is 35.4 Å². The molecule has 0 aliphatic rings. The largest absolute Gasteiger partial charge is 0.309 e. The number of rotatable bonds is 5. The van der Waals surface area contributed by atoms with E-state index < -0.39 is 10.8 Å². The predicted molar refractivity (Wildman–Crippen MR) is 80.4 cm³/mol. The lowest BCUT2D eigenvalue weighted by Gasteiger charge is -2.19. The first-order valence-electron chi connectivity index (χ1n) is 6.42. The van der Waals surface area contributed by atoms with Crippen LogP contribution < -0.4 is 5.32 Å². The predicted octanol–water partition coefficient (Wildman–Crippen LogP) is 2.84. The van der Waals surface area contributed by atoms with E-state index in [0.29, 0.717) is 5.75 Å². The van der Waals surface area contributed by atoms with Crippen LogP contribution in [0.5, 0.6) is 0 Å². The summed E-state index contributed by atoms with van der Waals surface area (Å²) in [5.41, 5.74) is 2.84. The monoisotopic (exact) mass is 267 g/mol. The molecule has 0 amide bonds. The third-order valence-corrected chi connectivity index (χ3v) is 3.93. The van der Waals surface area contributed by atoms with E-state index in [2.05, 4.69) is 57.3 Å². The van der Waals surface area contributed by atoms with Crippen molar-refractivity contribution in [1.82, 2.24) is 5.32 Å². The molecule has 18 heavy (non-hydrogen) atoms. The molecule has 102 valence electrons. The van der Waals surface area contributed by atoms with Crippen LogP contribution in [0.4, 0.5) is 0 Å². The Morgan fingerprint density at radius 1 is 1.22 bits per heavy atom. The Labute approximate surface area is 114 Å². The highest BCUT2D eigenvalue weighted by molar-refractivity contribution is 7.84. The van der Waals surface area contributed by atoms with Crippen molar-refractivity contribution < 1.29 is 4.21 Å². The first-order chi connectivity index (χ1) is 8.29. The van der Waals surface area contributed by atoms with Gasteiger partial charge in [-0.1, -0.05) is 45.0 Å². The zero-order valence-electron chi connectivity index (χ0n) is 12.1. The first kappa shape index (κ1) is 15.4. The van der Waals surface area contributed by atoms with Gasteiger partial charge in [0.1, 0.15) is 0 Å². The quantitative estimate of drug-likeness (QED) is 0.889. The summed E-state index contributed by atoms with van der Waals surface area (Å²) in [6, 6.07) is 9.02. The standard InChI is InChI=1S/C15H25NOS/c1-12(11-18(5)17)16-10-13-6-8-14(9-7-13)15(2,3)4/h6-9,12,16H,10-11H2,1-5H3. The number of benzene rings is 1. The SMILES string of the molecule is CC(CS(C)=O)NCc1ccc(C(C)(C)C)cc1. The van der Waals surface area contributed by atoms with Crippen LogP contribution in [0.2, 0.25) is 0 Å². The van der Waals surface area contributed by atoms with Crippen LogP contribution in [-0.2, 0) is 22.8 Å². The van der Waals surface area contributed by atoms with Gasteiger partial charge in [0.05, 0.1) is 0 Å². The van der Waals surface area contributed by atoms with E-state index in [1.807, 2.05) is 0 Å². The average molecular weight is 267 g/mol. The molecule has 0 radical (unpaired) electrons. The van der Waals surface area contributed by atoms with Gasteiger partial charge >= 0.3 is 0 Å². The minimum atomic E-state index is -0.731. The number of hydrogen-bond donors (Lipinski definition) is 1. The van der Waals surface area contributed by atoms with Crippen molar-refractivity contribution in [2.24, 2.45) is 0 Å². The fourth-order valence-electron chi connectivity index (χ4n) is 1.83. The molecule has 0 heterocycles. The molecule has 3 heteroatoms. The van der Waals surface area contributed by atoms with Crippen LogP contribution in [0.25, 0.3) is 0 Å². The Hall–Kier alpha value is -0.670. The number of nitrogens with one attached hydrogen (secondary N) is 1. The van der Waals surface area contributed by atoms with Crippen LogP contribution in [0, 0.1) is 0 Å². The molecule has 1 rings (SSSR count). The Morgan fingerprint density at radius 3 is 2.22 bits per heavy atom. The third kappa shape index (κ3) is 5.32. The van der Waals surface area contributed by atoms with E-state index in [9.17, 15) is 4.21 Å². The van der Waals surface area contributed by atoms with Crippen LogP contribution >= 0.6 is 0 Å². The van der Waals surface area contributed by atoms with E-state index >= 15 is 0 Å². The third-order valence-electron chi connectivity index (χ3n) is 2.96.